The molecular formula is C19H21ClN2O5. The Hall–Kier alpha value is -2.38. The van der Waals surface area contributed by atoms with Crippen LogP contribution in [0.25, 0.3) is 11.3 Å². The summed E-state index contributed by atoms with van der Waals surface area (Å²) in [5, 5.41) is 12.9. The topological polar surface area (TPSA) is 102 Å². The number of hydrogen-bond acceptors (Lipinski definition) is 5. The Balaban J connectivity index is 1.50. The van der Waals surface area contributed by atoms with E-state index in [0.717, 1.165) is 5.56 Å². The largest absolute Gasteiger partial charge is 0.481 e. The van der Waals surface area contributed by atoms with Gasteiger partial charge in [-0.25, -0.2) is 4.98 Å². The second-order valence-electron chi connectivity index (χ2n) is 6.60. The molecule has 1 aliphatic rings. The van der Waals surface area contributed by atoms with Gasteiger partial charge in [0.25, 0.3) is 0 Å². The van der Waals surface area contributed by atoms with E-state index >= 15 is 0 Å². The van der Waals surface area contributed by atoms with Gasteiger partial charge in [-0.3, -0.25) is 9.59 Å². The summed E-state index contributed by atoms with van der Waals surface area (Å²) in [5.41, 5.74) is -0.0935. The number of ether oxygens (including phenoxy) is 1. The Kier molecular flexibility index (Phi) is 6.13. The fourth-order valence-electron chi connectivity index (χ4n) is 2.98. The van der Waals surface area contributed by atoms with Gasteiger partial charge in [-0.1, -0.05) is 11.6 Å². The molecule has 0 radical (unpaired) electrons. The summed E-state index contributed by atoms with van der Waals surface area (Å²) in [6.45, 7) is 0.893. The molecule has 0 unspecified atom stereocenters. The van der Waals surface area contributed by atoms with Crippen LogP contribution in [0.15, 0.2) is 34.9 Å². The van der Waals surface area contributed by atoms with Gasteiger partial charge in [-0.15, -0.1) is 0 Å². The highest BCUT2D eigenvalue weighted by atomic mass is 35.5. The third kappa shape index (κ3) is 4.87. The van der Waals surface area contributed by atoms with Gasteiger partial charge in [0.05, 0.1) is 11.6 Å². The Morgan fingerprint density at radius 1 is 1.22 bits per heavy atom. The van der Waals surface area contributed by atoms with Crippen molar-refractivity contribution in [2.45, 2.75) is 25.7 Å². The van der Waals surface area contributed by atoms with Gasteiger partial charge in [-0.2, -0.15) is 0 Å². The van der Waals surface area contributed by atoms with Crippen LogP contribution in [0.1, 0.15) is 25.2 Å². The maximum atomic E-state index is 12.1. The van der Waals surface area contributed by atoms with Gasteiger partial charge in [0.15, 0.2) is 11.7 Å². The number of aliphatic carboxylic acids is 1. The molecule has 0 saturated carbocycles. The quantitative estimate of drug-likeness (QED) is 0.751. The van der Waals surface area contributed by atoms with Crippen LogP contribution in [-0.4, -0.2) is 41.7 Å². The molecule has 1 fully saturated rings. The van der Waals surface area contributed by atoms with Crippen molar-refractivity contribution in [3.05, 3.63) is 41.4 Å². The molecule has 8 heteroatoms. The highest BCUT2D eigenvalue weighted by Crippen LogP contribution is 2.30. The lowest BCUT2D eigenvalue weighted by Crippen LogP contribution is -2.46. The number of halogens is 1. The van der Waals surface area contributed by atoms with Crippen LogP contribution in [0.2, 0.25) is 5.02 Å². The number of carbonyl (C=O) groups is 2. The van der Waals surface area contributed by atoms with E-state index in [1.54, 1.807) is 18.3 Å². The smallest absolute Gasteiger partial charge is 0.311 e. The van der Waals surface area contributed by atoms with Gasteiger partial charge in [-0.05, 0) is 37.1 Å². The molecule has 1 aromatic heterocycles. The van der Waals surface area contributed by atoms with Crippen LogP contribution in [0.4, 0.5) is 0 Å². The second kappa shape index (κ2) is 8.54. The molecule has 0 bridgehead atoms. The van der Waals surface area contributed by atoms with E-state index in [1.807, 2.05) is 12.1 Å². The van der Waals surface area contributed by atoms with Crippen LogP contribution in [0.3, 0.4) is 0 Å². The minimum absolute atomic E-state index is 0.103. The molecule has 0 atom stereocenters. The summed E-state index contributed by atoms with van der Waals surface area (Å²) in [7, 11) is 0. The van der Waals surface area contributed by atoms with E-state index in [1.165, 1.54) is 0 Å². The zero-order valence-corrected chi connectivity index (χ0v) is 15.5. The zero-order chi connectivity index (χ0) is 19.3. The minimum atomic E-state index is -0.946. The lowest BCUT2D eigenvalue weighted by atomic mass is 9.80. The molecule has 2 N–H and O–H groups in total. The molecule has 27 heavy (non-hydrogen) atoms. The lowest BCUT2D eigenvalue weighted by Gasteiger charge is -2.33. The number of oxazole rings is 1. The number of aryl methyl sites for hydroxylation is 1. The van der Waals surface area contributed by atoms with E-state index in [0.29, 0.717) is 49.1 Å². The molecular weight excluding hydrogens is 372 g/mol. The number of hydrogen-bond donors (Lipinski definition) is 2. The van der Waals surface area contributed by atoms with Crippen molar-refractivity contribution >= 4 is 23.5 Å². The molecule has 1 aromatic carbocycles. The van der Waals surface area contributed by atoms with Gasteiger partial charge < -0.3 is 19.6 Å². The van der Waals surface area contributed by atoms with Gasteiger partial charge in [0, 0.05) is 43.2 Å². The zero-order valence-electron chi connectivity index (χ0n) is 14.7. The van der Waals surface area contributed by atoms with Gasteiger partial charge in [0.1, 0.15) is 0 Å². The van der Waals surface area contributed by atoms with Crippen LogP contribution >= 0.6 is 11.6 Å². The number of carboxylic acids is 1. The maximum Gasteiger partial charge on any atom is 0.311 e. The molecule has 1 saturated heterocycles. The third-order valence-electron chi connectivity index (χ3n) is 4.78. The summed E-state index contributed by atoms with van der Waals surface area (Å²) in [5.74, 6) is -0.0667. The molecule has 2 aromatic rings. The van der Waals surface area contributed by atoms with Crippen molar-refractivity contribution in [1.82, 2.24) is 10.3 Å². The van der Waals surface area contributed by atoms with E-state index in [9.17, 15) is 14.7 Å². The van der Waals surface area contributed by atoms with Crippen LogP contribution in [0, 0.1) is 5.41 Å². The van der Waals surface area contributed by atoms with Crippen molar-refractivity contribution in [1.29, 1.82) is 0 Å². The molecule has 0 aliphatic carbocycles. The van der Waals surface area contributed by atoms with Crippen molar-refractivity contribution in [3.8, 4) is 11.3 Å². The molecule has 1 amide bonds. The fraction of sp³-hybridized carbons (Fsp3) is 0.421. The van der Waals surface area contributed by atoms with Crippen molar-refractivity contribution < 1.29 is 23.8 Å². The average molecular weight is 393 g/mol. The first-order valence-corrected chi connectivity index (χ1v) is 9.15. The maximum absolute atomic E-state index is 12.1. The predicted octanol–water partition coefficient (Wildman–Crippen LogP) is 2.93. The molecule has 1 aliphatic heterocycles. The Bertz CT molecular complexity index is 797. The Labute approximate surface area is 161 Å². The predicted molar refractivity (Wildman–Crippen MR) is 98.4 cm³/mol. The first-order valence-electron chi connectivity index (χ1n) is 8.77. The number of nitrogens with zero attached hydrogens (tertiary/aromatic N) is 1. The Morgan fingerprint density at radius 3 is 2.59 bits per heavy atom. The SMILES string of the molecule is O=C(CCc1ncc(-c2ccc(Cl)cc2)o1)NCC1(C(=O)O)CCOCC1. The summed E-state index contributed by atoms with van der Waals surface area (Å²) in [4.78, 5) is 27.9. The molecule has 144 valence electrons. The van der Waals surface area contributed by atoms with Crippen molar-refractivity contribution in [2.24, 2.45) is 5.41 Å². The van der Waals surface area contributed by atoms with Gasteiger partial charge in [0.2, 0.25) is 5.91 Å². The van der Waals surface area contributed by atoms with E-state index < -0.39 is 11.4 Å². The van der Waals surface area contributed by atoms with Crippen molar-refractivity contribution in [2.75, 3.05) is 19.8 Å². The summed E-state index contributed by atoms with van der Waals surface area (Å²) < 4.78 is 10.9. The molecule has 7 nitrogen and oxygen atoms in total. The number of rotatable bonds is 7. The second-order valence-corrected chi connectivity index (χ2v) is 7.04. The van der Waals surface area contributed by atoms with E-state index in [2.05, 4.69) is 10.3 Å². The normalized spacial score (nSPS) is 16.0. The highest BCUT2D eigenvalue weighted by molar-refractivity contribution is 6.30. The summed E-state index contributed by atoms with van der Waals surface area (Å²) in [6.07, 6.45) is 2.91. The summed E-state index contributed by atoms with van der Waals surface area (Å²) >= 11 is 5.87. The first-order chi connectivity index (χ1) is 13.0. The van der Waals surface area contributed by atoms with Crippen LogP contribution in [0.5, 0.6) is 0 Å². The molecule has 3 rings (SSSR count). The standard InChI is InChI=1S/C19H21ClN2O5/c20-14-3-1-13(2-4-14)15-11-21-17(27-15)6-5-16(23)22-12-19(18(24)25)7-9-26-10-8-19/h1-4,11H,5-10,12H2,(H,22,23)(H,24,25). The number of carbonyl (C=O) groups excluding carboxylic acids is 1. The summed E-state index contributed by atoms with van der Waals surface area (Å²) in [6, 6.07) is 7.19. The Morgan fingerprint density at radius 2 is 1.93 bits per heavy atom. The van der Waals surface area contributed by atoms with Crippen LogP contribution in [-0.2, 0) is 20.7 Å². The number of nitrogens with one attached hydrogen (secondary N) is 1. The highest BCUT2D eigenvalue weighted by Gasteiger charge is 2.40. The number of aromatic nitrogens is 1. The minimum Gasteiger partial charge on any atom is -0.481 e. The molecule has 0 spiro atoms. The number of carboxylic acid groups (broad SMARTS) is 1. The van der Waals surface area contributed by atoms with E-state index in [-0.39, 0.29) is 18.9 Å². The van der Waals surface area contributed by atoms with Gasteiger partial charge >= 0.3 is 5.97 Å². The number of amides is 1. The fourth-order valence-corrected chi connectivity index (χ4v) is 3.10. The van der Waals surface area contributed by atoms with E-state index in [4.69, 9.17) is 20.8 Å². The van der Waals surface area contributed by atoms with Crippen molar-refractivity contribution in [3.63, 3.8) is 0 Å². The van der Waals surface area contributed by atoms with Crippen LogP contribution < -0.4 is 5.32 Å². The number of benzene rings is 1. The lowest BCUT2D eigenvalue weighted by molar-refractivity contribution is -0.154. The average Bonchev–Trinajstić information content (AvgIpc) is 3.15. The third-order valence-corrected chi connectivity index (χ3v) is 5.03. The molecule has 2 heterocycles. The first kappa shape index (κ1) is 19.4. The monoisotopic (exact) mass is 392 g/mol.